The molecular formula is C10H12N2O2. The zero-order valence-corrected chi connectivity index (χ0v) is 7.81. The summed E-state index contributed by atoms with van der Waals surface area (Å²) >= 11 is 0. The van der Waals surface area contributed by atoms with Gasteiger partial charge in [0.05, 0.1) is 0 Å². The van der Waals surface area contributed by atoms with Crippen LogP contribution in [-0.4, -0.2) is 21.0 Å². The topological polar surface area (TPSA) is 63.1 Å². The summed E-state index contributed by atoms with van der Waals surface area (Å²) in [6.45, 7) is 0. The molecule has 4 nitrogen and oxygen atoms in total. The Bertz CT molecular complexity index is 330. The van der Waals surface area contributed by atoms with Crippen molar-refractivity contribution in [1.29, 1.82) is 0 Å². The molecule has 1 N–H and O–H groups in total. The van der Waals surface area contributed by atoms with Crippen LogP contribution in [-0.2, 0) is 11.2 Å². The number of aromatic nitrogens is 2. The minimum absolute atomic E-state index is 0.145. The van der Waals surface area contributed by atoms with Crippen LogP contribution in [0.1, 0.15) is 36.6 Å². The summed E-state index contributed by atoms with van der Waals surface area (Å²) in [5.41, 5.74) is 0.900. The van der Waals surface area contributed by atoms with Crippen LogP contribution in [0.5, 0.6) is 0 Å². The molecule has 1 aromatic heterocycles. The Labute approximate surface area is 82.0 Å². The molecule has 14 heavy (non-hydrogen) atoms. The number of carbonyl (C=O) groups is 1. The molecule has 1 saturated carbocycles. The fraction of sp³-hybridized carbons (Fsp3) is 0.500. The van der Waals surface area contributed by atoms with Gasteiger partial charge in [-0.1, -0.05) is 0 Å². The molecule has 0 spiro atoms. The van der Waals surface area contributed by atoms with Crippen LogP contribution in [0.15, 0.2) is 12.4 Å². The summed E-state index contributed by atoms with van der Waals surface area (Å²) in [7, 11) is 0. The van der Waals surface area contributed by atoms with Gasteiger partial charge in [-0.2, -0.15) is 0 Å². The van der Waals surface area contributed by atoms with E-state index in [1.807, 2.05) is 0 Å². The first kappa shape index (κ1) is 9.12. The van der Waals surface area contributed by atoms with E-state index in [9.17, 15) is 4.79 Å². The van der Waals surface area contributed by atoms with Gasteiger partial charge < -0.3 is 5.11 Å². The van der Waals surface area contributed by atoms with Crippen molar-refractivity contribution in [3.8, 4) is 0 Å². The van der Waals surface area contributed by atoms with Crippen molar-refractivity contribution in [2.45, 2.75) is 31.6 Å². The first-order chi connectivity index (χ1) is 6.75. The summed E-state index contributed by atoms with van der Waals surface area (Å²) in [5.74, 6) is 0.684. The standard InChI is InChI=1S/C10H12N2O2/c13-9(14)4-1-7-5-11-10(12-6-7)8-2-3-8/h5-6,8H,1-4H2,(H,13,14). The minimum atomic E-state index is -0.781. The highest BCUT2D eigenvalue weighted by atomic mass is 16.4. The third-order valence-corrected chi connectivity index (χ3v) is 2.30. The van der Waals surface area contributed by atoms with Crippen LogP contribution in [0.4, 0.5) is 0 Å². The number of aliphatic carboxylic acids is 1. The highest BCUT2D eigenvalue weighted by Gasteiger charge is 2.25. The molecule has 0 bridgehead atoms. The lowest BCUT2D eigenvalue weighted by molar-refractivity contribution is -0.136. The molecule has 0 atom stereocenters. The van der Waals surface area contributed by atoms with Gasteiger partial charge in [0.15, 0.2) is 0 Å². The fourth-order valence-electron chi connectivity index (χ4n) is 1.30. The summed E-state index contributed by atoms with van der Waals surface area (Å²) in [6.07, 6.45) is 6.52. The van der Waals surface area contributed by atoms with Crippen LogP contribution in [0.2, 0.25) is 0 Å². The highest BCUT2D eigenvalue weighted by molar-refractivity contribution is 5.67. The monoisotopic (exact) mass is 192 g/mol. The van der Waals surface area contributed by atoms with Crippen LogP contribution >= 0.6 is 0 Å². The maximum absolute atomic E-state index is 10.3. The number of rotatable bonds is 4. The molecule has 0 unspecified atom stereocenters. The van der Waals surface area contributed by atoms with Crippen molar-refractivity contribution in [3.05, 3.63) is 23.8 Å². The highest BCUT2D eigenvalue weighted by Crippen LogP contribution is 2.37. The molecule has 0 aliphatic heterocycles. The lowest BCUT2D eigenvalue weighted by atomic mass is 10.2. The maximum atomic E-state index is 10.3. The van der Waals surface area contributed by atoms with Gasteiger partial charge in [-0.3, -0.25) is 4.79 Å². The molecule has 0 amide bonds. The van der Waals surface area contributed by atoms with E-state index in [-0.39, 0.29) is 6.42 Å². The molecule has 2 rings (SSSR count). The van der Waals surface area contributed by atoms with Crippen LogP contribution < -0.4 is 0 Å². The zero-order valence-electron chi connectivity index (χ0n) is 7.81. The molecule has 1 fully saturated rings. The largest absolute Gasteiger partial charge is 0.481 e. The van der Waals surface area contributed by atoms with Crippen molar-refractivity contribution >= 4 is 5.97 Å². The summed E-state index contributed by atoms with van der Waals surface area (Å²) in [6, 6.07) is 0. The average Bonchev–Trinajstić information content (AvgIpc) is 2.99. The van der Waals surface area contributed by atoms with Gasteiger partial charge in [0.2, 0.25) is 0 Å². The third-order valence-electron chi connectivity index (χ3n) is 2.30. The van der Waals surface area contributed by atoms with Gasteiger partial charge in [-0.15, -0.1) is 0 Å². The van der Waals surface area contributed by atoms with Crippen molar-refractivity contribution in [2.75, 3.05) is 0 Å². The molecule has 1 aliphatic rings. The number of carboxylic acid groups (broad SMARTS) is 1. The molecule has 74 valence electrons. The number of hydrogen-bond donors (Lipinski definition) is 1. The predicted octanol–water partition coefficient (Wildman–Crippen LogP) is 1.37. The molecule has 0 saturated heterocycles. The number of carboxylic acids is 1. The predicted molar refractivity (Wildman–Crippen MR) is 50.0 cm³/mol. The SMILES string of the molecule is O=C(O)CCc1cnc(C2CC2)nc1. The van der Waals surface area contributed by atoms with E-state index < -0.39 is 5.97 Å². The molecule has 1 aromatic rings. The molecule has 0 radical (unpaired) electrons. The van der Waals surface area contributed by atoms with Crippen molar-refractivity contribution in [3.63, 3.8) is 0 Å². The lowest BCUT2D eigenvalue weighted by Gasteiger charge is -1.99. The van der Waals surface area contributed by atoms with E-state index in [2.05, 4.69) is 9.97 Å². The molecular weight excluding hydrogens is 180 g/mol. The van der Waals surface area contributed by atoms with Crippen molar-refractivity contribution in [1.82, 2.24) is 9.97 Å². The van der Waals surface area contributed by atoms with Crippen molar-refractivity contribution in [2.24, 2.45) is 0 Å². The van der Waals surface area contributed by atoms with Gasteiger partial charge in [-0.05, 0) is 24.8 Å². The Morgan fingerprint density at radius 3 is 2.57 bits per heavy atom. The Morgan fingerprint density at radius 2 is 2.07 bits per heavy atom. The maximum Gasteiger partial charge on any atom is 0.303 e. The van der Waals surface area contributed by atoms with Gasteiger partial charge in [0, 0.05) is 24.7 Å². The van der Waals surface area contributed by atoms with Gasteiger partial charge >= 0.3 is 5.97 Å². The van der Waals surface area contributed by atoms with E-state index in [0.29, 0.717) is 12.3 Å². The normalized spacial score (nSPS) is 15.4. The van der Waals surface area contributed by atoms with Gasteiger partial charge in [0.1, 0.15) is 5.82 Å². The van der Waals surface area contributed by atoms with Crippen LogP contribution in [0.25, 0.3) is 0 Å². The smallest absolute Gasteiger partial charge is 0.303 e. The Hall–Kier alpha value is -1.45. The fourth-order valence-corrected chi connectivity index (χ4v) is 1.30. The summed E-state index contributed by atoms with van der Waals surface area (Å²) < 4.78 is 0. The minimum Gasteiger partial charge on any atom is -0.481 e. The lowest BCUT2D eigenvalue weighted by Crippen LogP contribution is -1.99. The second-order valence-electron chi connectivity index (χ2n) is 3.62. The molecule has 4 heteroatoms. The summed E-state index contributed by atoms with van der Waals surface area (Å²) in [4.78, 5) is 18.7. The first-order valence-electron chi connectivity index (χ1n) is 4.78. The van der Waals surface area contributed by atoms with E-state index in [0.717, 1.165) is 11.4 Å². The second kappa shape index (κ2) is 3.74. The second-order valence-corrected chi connectivity index (χ2v) is 3.62. The quantitative estimate of drug-likeness (QED) is 0.782. The molecule has 1 aliphatic carbocycles. The van der Waals surface area contributed by atoms with E-state index in [4.69, 9.17) is 5.11 Å². The van der Waals surface area contributed by atoms with E-state index >= 15 is 0 Å². The Balaban J connectivity index is 1.95. The van der Waals surface area contributed by atoms with Gasteiger partial charge in [0.25, 0.3) is 0 Å². The zero-order chi connectivity index (χ0) is 9.97. The van der Waals surface area contributed by atoms with E-state index in [1.165, 1.54) is 12.8 Å². The average molecular weight is 192 g/mol. The Kier molecular flexibility index (Phi) is 2.43. The van der Waals surface area contributed by atoms with E-state index in [1.54, 1.807) is 12.4 Å². The number of hydrogen-bond acceptors (Lipinski definition) is 3. The van der Waals surface area contributed by atoms with Crippen LogP contribution in [0.3, 0.4) is 0 Å². The number of nitrogens with zero attached hydrogens (tertiary/aromatic N) is 2. The van der Waals surface area contributed by atoms with Crippen LogP contribution in [0, 0.1) is 0 Å². The van der Waals surface area contributed by atoms with Crippen molar-refractivity contribution < 1.29 is 9.90 Å². The number of aryl methyl sites for hydroxylation is 1. The first-order valence-corrected chi connectivity index (χ1v) is 4.78. The Morgan fingerprint density at radius 1 is 1.43 bits per heavy atom. The molecule has 1 heterocycles. The molecule has 0 aromatic carbocycles. The third kappa shape index (κ3) is 2.28. The summed E-state index contributed by atoms with van der Waals surface area (Å²) in [5, 5.41) is 8.49. The van der Waals surface area contributed by atoms with Gasteiger partial charge in [-0.25, -0.2) is 9.97 Å².